The zero-order valence-corrected chi connectivity index (χ0v) is 23.4. The maximum absolute atomic E-state index is 14.4. The molecule has 2 atom stereocenters. The van der Waals surface area contributed by atoms with Crippen LogP contribution in [-0.4, -0.2) is 71.1 Å². The number of fused-ring (bicyclic) bond motifs is 1. The van der Waals surface area contributed by atoms with E-state index < -0.39 is 35.1 Å². The molecule has 2 saturated heterocycles. The summed E-state index contributed by atoms with van der Waals surface area (Å²) in [5.74, 6) is -2.50. The van der Waals surface area contributed by atoms with Gasteiger partial charge in [0.1, 0.15) is 11.9 Å². The van der Waals surface area contributed by atoms with E-state index in [0.29, 0.717) is 31.3 Å². The van der Waals surface area contributed by atoms with Crippen molar-refractivity contribution in [3.05, 3.63) is 65.1 Å². The minimum absolute atomic E-state index is 0.0123. The Balaban J connectivity index is 1.31. The van der Waals surface area contributed by atoms with Crippen molar-refractivity contribution in [1.82, 2.24) is 25.3 Å². The van der Waals surface area contributed by atoms with E-state index in [2.05, 4.69) is 45.7 Å². The molecule has 2 N–H and O–H groups in total. The maximum Gasteiger partial charge on any atom is 0.416 e. The number of alkyl halides is 3. The van der Waals surface area contributed by atoms with Crippen LogP contribution in [0.5, 0.6) is 0 Å². The number of benzene rings is 2. The maximum atomic E-state index is 14.4. The number of hydrogen-bond donors (Lipinski definition) is 2. The minimum atomic E-state index is -4.73. The fourth-order valence-electron chi connectivity index (χ4n) is 6.40. The number of nitrogens with one attached hydrogen (secondary N) is 2. The van der Waals surface area contributed by atoms with Crippen LogP contribution in [-0.2, 0) is 11.0 Å². The molecule has 2 aromatic carbocycles. The predicted octanol–water partition coefficient (Wildman–Crippen LogP) is 5.20. The average Bonchev–Trinajstić information content (AvgIpc) is 3.40. The van der Waals surface area contributed by atoms with Crippen LogP contribution >= 0.6 is 0 Å². The SMILES string of the molecule is CC(C)[C@@H](NC(=O)c1cc(C(F)(F)F)ccc1F)C(=O)N1CCC2(CCN(C)CC2c2ccc3[nH]ncc3c2)CC1. The van der Waals surface area contributed by atoms with Crippen molar-refractivity contribution in [2.75, 3.05) is 33.2 Å². The number of likely N-dealkylation sites (N-methyl/N-ethyl adjacent to an activating group) is 1. The van der Waals surface area contributed by atoms with E-state index >= 15 is 0 Å². The number of nitrogens with zero attached hydrogens (tertiary/aromatic N) is 3. The first-order chi connectivity index (χ1) is 19.4. The second kappa shape index (κ2) is 11.1. The second-order valence-corrected chi connectivity index (χ2v) is 11.9. The van der Waals surface area contributed by atoms with Gasteiger partial charge in [0, 0.05) is 30.9 Å². The number of hydrogen-bond acceptors (Lipinski definition) is 4. The molecule has 0 aliphatic carbocycles. The fourth-order valence-corrected chi connectivity index (χ4v) is 6.40. The lowest BCUT2D eigenvalue weighted by molar-refractivity contribution is -0.138. The highest BCUT2D eigenvalue weighted by atomic mass is 19.4. The van der Waals surface area contributed by atoms with E-state index in [4.69, 9.17) is 0 Å². The van der Waals surface area contributed by atoms with Gasteiger partial charge in [-0.25, -0.2) is 4.39 Å². The molecule has 11 heteroatoms. The number of aromatic nitrogens is 2. The van der Waals surface area contributed by atoms with Crippen LogP contribution in [0, 0.1) is 17.2 Å². The summed E-state index contributed by atoms with van der Waals surface area (Å²) < 4.78 is 53.9. The minimum Gasteiger partial charge on any atom is -0.341 e. The summed E-state index contributed by atoms with van der Waals surface area (Å²) in [6, 6.07) is 7.10. The Morgan fingerprint density at radius 2 is 1.78 bits per heavy atom. The van der Waals surface area contributed by atoms with E-state index in [1.54, 1.807) is 18.7 Å². The lowest BCUT2D eigenvalue weighted by Crippen LogP contribution is -2.56. The average molecular weight is 574 g/mol. The third kappa shape index (κ3) is 5.82. The Hall–Kier alpha value is -3.47. The molecule has 1 spiro atoms. The van der Waals surface area contributed by atoms with Crippen LogP contribution in [0.3, 0.4) is 0 Å². The number of aromatic amines is 1. The van der Waals surface area contributed by atoms with Crippen LogP contribution in [0.15, 0.2) is 42.6 Å². The normalized spacial score (nSPS) is 20.5. The van der Waals surface area contributed by atoms with E-state index in [-0.39, 0.29) is 23.2 Å². The molecule has 3 heterocycles. The van der Waals surface area contributed by atoms with Gasteiger partial charge in [-0.05, 0) is 80.1 Å². The van der Waals surface area contributed by atoms with Gasteiger partial charge in [-0.15, -0.1) is 0 Å². The van der Waals surface area contributed by atoms with Crippen LogP contribution < -0.4 is 5.32 Å². The molecule has 7 nitrogen and oxygen atoms in total. The largest absolute Gasteiger partial charge is 0.416 e. The Kier molecular flexibility index (Phi) is 7.84. The monoisotopic (exact) mass is 573 g/mol. The van der Waals surface area contributed by atoms with Crippen LogP contribution in [0.2, 0.25) is 0 Å². The fraction of sp³-hybridized carbons (Fsp3) is 0.500. The number of likely N-dealkylation sites (tertiary alicyclic amines) is 2. The molecule has 2 fully saturated rings. The van der Waals surface area contributed by atoms with Crippen molar-refractivity contribution < 1.29 is 27.2 Å². The van der Waals surface area contributed by atoms with Gasteiger partial charge in [0.15, 0.2) is 0 Å². The Bertz CT molecular complexity index is 1430. The Labute approximate surface area is 236 Å². The molecule has 220 valence electrons. The lowest BCUT2D eigenvalue weighted by Gasteiger charge is -2.52. The van der Waals surface area contributed by atoms with Crippen molar-refractivity contribution in [1.29, 1.82) is 0 Å². The highest BCUT2D eigenvalue weighted by Gasteiger charge is 2.46. The van der Waals surface area contributed by atoms with E-state index in [0.717, 1.165) is 43.3 Å². The first kappa shape index (κ1) is 29.0. The van der Waals surface area contributed by atoms with Crippen molar-refractivity contribution in [3.63, 3.8) is 0 Å². The van der Waals surface area contributed by atoms with Crippen molar-refractivity contribution >= 4 is 22.7 Å². The number of amides is 2. The van der Waals surface area contributed by atoms with Crippen LogP contribution in [0.4, 0.5) is 17.6 Å². The third-order valence-corrected chi connectivity index (χ3v) is 8.92. The van der Waals surface area contributed by atoms with E-state index in [1.165, 1.54) is 5.56 Å². The summed E-state index contributed by atoms with van der Waals surface area (Å²) in [4.78, 5) is 30.6. The van der Waals surface area contributed by atoms with Gasteiger partial charge in [-0.2, -0.15) is 18.3 Å². The van der Waals surface area contributed by atoms with Gasteiger partial charge < -0.3 is 15.1 Å². The highest BCUT2D eigenvalue weighted by molar-refractivity contribution is 5.98. The zero-order chi connectivity index (χ0) is 29.5. The molecule has 2 aliphatic heterocycles. The Morgan fingerprint density at radius 3 is 2.46 bits per heavy atom. The van der Waals surface area contributed by atoms with E-state index in [1.807, 2.05) is 6.20 Å². The second-order valence-electron chi connectivity index (χ2n) is 11.9. The topological polar surface area (TPSA) is 81.3 Å². The molecule has 2 amide bonds. The summed E-state index contributed by atoms with van der Waals surface area (Å²) in [5, 5.41) is 10.7. The molecule has 1 aromatic heterocycles. The van der Waals surface area contributed by atoms with Crippen molar-refractivity contribution in [3.8, 4) is 0 Å². The summed E-state index contributed by atoms with van der Waals surface area (Å²) in [6.07, 6.45) is -0.317. The summed E-state index contributed by atoms with van der Waals surface area (Å²) in [5.41, 5.74) is 0.384. The molecule has 2 aliphatic rings. The molecule has 5 rings (SSSR count). The molecule has 41 heavy (non-hydrogen) atoms. The van der Waals surface area contributed by atoms with E-state index in [9.17, 15) is 27.2 Å². The number of rotatable bonds is 5. The molecule has 0 saturated carbocycles. The molecule has 3 aromatic rings. The molecular weight excluding hydrogens is 538 g/mol. The highest BCUT2D eigenvalue weighted by Crippen LogP contribution is 2.50. The molecular formula is C30H35F4N5O2. The number of H-pyrrole nitrogens is 1. The van der Waals surface area contributed by atoms with Crippen molar-refractivity contribution in [2.24, 2.45) is 11.3 Å². The first-order valence-corrected chi connectivity index (χ1v) is 14.0. The Morgan fingerprint density at radius 1 is 1.07 bits per heavy atom. The summed E-state index contributed by atoms with van der Waals surface area (Å²) in [6.45, 7) is 6.37. The van der Waals surface area contributed by atoms with Gasteiger partial charge in [0.2, 0.25) is 5.91 Å². The predicted molar refractivity (Wildman–Crippen MR) is 147 cm³/mol. The van der Waals surface area contributed by atoms with Gasteiger partial charge in [-0.3, -0.25) is 14.7 Å². The number of piperidine rings is 2. The number of halogens is 4. The standard InChI is InChI=1S/C30H35F4N5O2/c1-18(2)26(36-27(40)22-15-21(30(32,33)34)5-6-24(22)31)28(41)39-12-9-29(10-13-39)8-11-38(3)17-23(29)19-4-7-25-20(14-19)16-35-37-25/h4-7,14-16,18,23,26H,8-13,17H2,1-3H3,(H,35,37)(H,36,40)/t23?,26-/m1/s1. The van der Waals surface area contributed by atoms with Gasteiger partial charge in [0.05, 0.1) is 22.8 Å². The smallest absolute Gasteiger partial charge is 0.341 e. The van der Waals surface area contributed by atoms with Crippen LogP contribution in [0.1, 0.15) is 60.5 Å². The quantitative estimate of drug-likeness (QED) is 0.411. The first-order valence-electron chi connectivity index (χ1n) is 14.0. The van der Waals surface area contributed by atoms with Gasteiger partial charge in [-0.1, -0.05) is 19.9 Å². The zero-order valence-electron chi connectivity index (χ0n) is 23.4. The van der Waals surface area contributed by atoms with Crippen LogP contribution in [0.25, 0.3) is 10.9 Å². The number of carbonyl (C=O) groups excluding carboxylic acids is 2. The molecule has 0 radical (unpaired) electrons. The number of carbonyl (C=O) groups is 2. The molecule has 0 bridgehead atoms. The third-order valence-electron chi connectivity index (χ3n) is 8.92. The summed E-state index contributed by atoms with van der Waals surface area (Å²) in [7, 11) is 2.12. The molecule has 1 unspecified atom stereocenters. The van der Waals surface area contributed by atoms with Crippen molar-refractivity contribution in [2.45, 2.75) is 51.2 Å². The van der Waals surface area contributed by atoms with Gasteiger partial charge in [0.25, 0.3) is 5.91 Å². The van der Waals surface area contributed by atoms with Gasteiger partial charge >= 0.3 is 6.18 Å². The summed E-state index contributed by atoms with van der Waals surface area (Å²) >= 11 is 0. The lowest BCUT2D eigenvalue weighted by atomic mass is 9.62.